The molecule has 2 saturated heterocycles. The summed E-state index contributed by atoms with van der Waals surface area (Å²) >= 11 is 0. The Labute approximate surface area is 132 Å². The first-order valence-corrected chi connectivity index (χ1v) is 7.53. The van der Waals surface area contributed by atoms with Gasteiger partial charge in [-0.2, -0.15) is 0 Å². The van der Waals surface area contributed by atoms with E-state index in [0.717, 1.165) is 6.42 Å². The number of hydrogen-bond donors (Lipinski definition) is 0. The van der Waals surface area contributed by atoms with Gasteiger partial charge in [0.25, 0.3) is 5.91 Å². The summed E-state index contributed by atoms with van der Waals surface area (Å²) in [5.74, 6) is 0.353. The van der Waals surface area contributed by atoms with E-state index in [-0.39, 0.29) is 18.4 Å². The molecular formula is C15H17N5O3. The van der Waals surface area contributed by atoms with Crippen LogP contribution in [0.3, 0.4) is 0 Å². The summed E-state index contributed by atoms with van der Waals surface area (Å²) < 4.78 is 7.49. The highest BCUT2D eigenvalue weighted by molar-refractivity contribution is 5.93. The molecular weight excluding hydrogens is 298 g/mol. The highest BCUT2D eigenvalue weighted by Gasteiger charge is 2.45. The number of nitrogens with zero attached hydrogens (tertiary/aromatic N) is 5. The van der Waals surface area contributed by atoms with Crippen LogP contribution < -0.4 is 0 Å². The van der Waals surface area contributed by atoms with E-state index < -0.39 is 5.60 Å². The van der Waals surface area contributed by atoms with Gasteiger partial charge in [-0.05, 0) is 12.5 Å². The van der Waals surface area contributed by atoms with Crippen molar-refractivity contribution in [2.24, 2.45) is 0 Å². The van der Waals surface area contributed by atoms with E-state index in [1.54, 1.807) is 39.7 Å². The third-order valence-corrected chi connectivity index (χ3v) is 4.51. The molecule has 8 heteroatoms. The van der Waals surface area contributed by atoms with Gasteiger partial charge in [-0.25, -0.2) is 9.97 Å². The Morgan fingerprint density at radius 3 is 3.04 bits per heavy atom. The van der Waals surface area contributed by atoms with Gasteiger partial charge in [0.1, 0.15) is 17.9 Å². The van der Waals surface area contributed by atoms with Crippen LogP contribution in [0.25, 0.3) is 5.78 Å². The number of fused-ring (bicyclic) bond motifs is 1. The number of morpholine rings is 1. The molecule has 1 unspecified atom stereocenters. The van der Waals surface area contributed by atoms with Gasteiger partial charge in [-0.15, -0.1) is 0 Å². The van der Waals surface area contributed by atoms with Crippen LogP contribution in [0.1, 0.15) is 16.9 Å². The lowest BCUT2D eigenvalue weighted by Gasteiger charge is -2.38. The van der Waals surface area contributed by atoms with E-state index in [4.69, 9.17) is 4.74 Å². The average Bonchev–Trinajstić information content (AvgIpc) is 3.15. The number of rotatable bonds is 1. The second-order valence-corrected chi connectivity index (χ2v) is 6.15. The Morgan fingerprint density at radius 2 is 2.26 bits per heavy atom. The summed E-state index contributed by atoms with van der Waals surface area (Å²) in [5, 5.41) is 0. The Morgan fingerprint density at radius 1 is 1.39 bits per heavy atom. The number of likely N-dealkylation sites (N-methyl/N-ethyl adjacent to an activating group) is 1. The van der Waals surface area contributed by atoms with Gasteiger partial charge in [0.05, 0.1) is 13.1 Å². The first kappa shape index (κ1) is 14.1. The summed E-state index contributed by atoms with van der Waals surface area (Å²) in [6.07, 6.45) is 5.86. The molecule has 2 amide bonds. The number of carbonyl (C=O) groups is 2. The first-order valence-electron chi connectivity index (χ1n) is 7.53. The Balaban J connectivity index is 1.53. The lowest BCUT2D eigenvalue weighted by molar-refractivity contribution is -0.158. The molecule has 1 spiro atoms. The number of likely N-dealkylation sites (tertiary alicyclic amines) is 1. The molecule has 0 N–H and O–H groups in total. The van der Waals surface area contributed by atoms with E-state index >= 15 is 0 Å². The molecule has 23 heavy (non-hydrogen) atoms. The maximum absolute atomic E-state index is 12.7. The number of carbonyl (C=O) groups excluding carboxylic acids is 2. The lowest BCUT2D eigenvalue weighted by atomic mass is 10.0. The molecule has 8 nitrogen and oxygen atoms in total. The number of imidazole rings is 1. The molecule has 0 bridgehead atoms. The molecule has 2 fully saturated rings. The molecule has 2 aliphatic rings. The molecule has 0 aliphatic carbocycles. The minimum absolute atomic E-state index is 0.0215. The fourth-order valence-corrected chi connectivity index (χ4v) is 3.25. The fourth-order valence-electron chi connectivity index (χ4n) is 3.25. The molecule has 4 rings (SSSR count). The van der Waals surface area contributed by atoms with E-state index in [2.05, 4.69) is 9.97 Å². The molecule has 0 aromatic carbocycles. The SMILES string of the molecule is CN1CC2(CCN(C(=O)c3cn4cccnc4n3)C2)OCC1=O. The number of hydrogen-bond acceptors (Lipinski definition) is 5. The van der Waals surface area contributed by atoms with Gasteiger partial charge >= 0.3 is 0 Å². The van der Waals surface area contributed by atoms with Crippen molar-refractivity contribution < 1.29 is 14.3 Å². The Bertz CT molecular complexity index is 755. The van der Waals surface area contributed by atoms with Crippen molar-refractivity contribution in [3.05, 3.63) is 30.4 Å². The van der Waals surface area contributed by atoms with E-state index in [1.807, 2.05) is 6.20 Å². The monoisotopic (exact) mass is 315 g/mol. The van der Waals surface area contributed by atoms with Crippen molar-refractivity contribution in [3.63, 3.8) is 0 Å². The zero-order valence-electron chi connectivity index (χ0n) is 12.8. The van der Waals surface area contributed by atoms with Crippen molar-refractivity contribution in [1.82, 2.24) is 24.2 Å². The number of ether oxygens (including phenoxy) is 1. The Kier molecular flexibility index (Phi) is 3.08. The van der Waals surface area contributed by atoms with Crippen LogP contribution in [-0.4, -0.2) is 74.9 Å². The van der Waals surface area contributed by atoms with Crippen LogP contribution >= 0.6 is 0 Å². The smallest absolute Gasteiger partial charge is 0.274 e. The third-order valence-electron chi connectivity index (χ3n) is 4.51. The van der Waals surface area contributed by atoms with Crippen LogP contribution in [0, 0.1) is 0 Å². The van der Waals surface area contributed by atoms with Gasteiger partial charge in [-0.1, -0.05) is 0 Å². The van der Waals surface area contributed by atoms with E-state index in [9.17, 15) is 9.59 Å². The molecule has 4 heterocycles. The van der Waals surface area contributed by atoms with Crippen molar-refractivity contribution in [3.8, 4) is 0 Å². The fraction of sp³-hybridized carbons (Fsp3) is 0.467. The molecule has 0 saturated carbocycles. The molecule has 2 aliphatic heterocycles. The zero-order chi connectivity index (χ0) is 16.0. The molecule has 1 atom stereocenters. The van der Waals surface area contributed by atoms with Crippen LogP contribution in [0.2, 0.25) is 0 Å². The number of amides is 2. The molecule has 2 aromatic rings. The number of aromatic nitrogens is 3. The van der Waals surface area contributed by atoms with Crippen molar-refractivity contribution in [2.75, 3.05) is 33.3 Å². The van der Waals surface area contributed by atoms with Gasteiger partial charge < -0.3 is 14.5 Å². The topological polar surface area (TPSA) is 80.0 Å². The standard InChI is InChI=1S/C15H17N5O3/c1-18-9-15(23-8-12(18)21)3-6-20(10-15)13(22)11-7-19-5-2-4-16-14(19)17-11/h2,4-5,7H,3,6,8-10H2,1H3. The quantitative estimate of drug-likeness (QED) is 0.728. The van der Waals surface area contributed by atoms with E-state index in [1.165, 1.54) is 0 Å². The second-order valence-electron chi connectivity index (χ2n) is 6.15. The molecule has 2 aromatic heterocycles. The van der Waals surface area contributed by atoms with Crippen LogP contribution in [-0.2, 0) is 9.53 Å². The highest BCUT2D eigenvalue weighted by Crippen LogP contribution is 2.30. The van der Waals surface area contributed by atoms with Gasteiger partial charge in [0.15, 0.2) is 0 Å². The summed E-state index contributed by atoms with van der Waals surface area (Å²) in [6, 6.07) is 1.79. The first-order chi connectivity index (χ1) is 11.1. The average molecular weight is 315 g/mol. The minimum atomic E-state index is -0.449. The molecule has 0 radical (unpaired) electrons. The maximum atomic E-state index is 12.7. The van der Waals surface area contributed by atoms with Crippen LogP contribution in [0.5, 0.6) is 0 Å². The normalized spacial score (nSPS) is 24.8. The summed E-state index contributed by atoms with van der Waals surface area (Å²) in [7, 11) is 1.77. The lowest BCUT2D eigenvalue weighted by Crippen LogP contribution is -2.54. The summed E-state index contributed by atoms with van der Waals surface area (Å²) in [4.78, 5) is 36.1. The van der Waals surface area contributed by atoms with Crippen molar-refractivity contribution in [2.45, 2.75) is 12.0 Å². The van der Waals surface area contributed by atoms with Gasteiger partial charge in [0.2, 0.25) is 11.7 Å². The largest absolute Gasteiger partial charge is 0.361 e. The van der Waals surface area contributed by atoms with Crippen molar-refractivity contribution >= 4 is 17.6 Å². The minimum Gasteiger partial charge on any atom is -0.361 e. The van der Waals surface area contributed by atoms with Crippen LogP contribution in [0.15, 0.2) is 24.7 Å². The Hall–Kier alpha value is -2.48. The summed E-state index contributed by atoms with van der Waals surface area (Å²) in [5.41, 5.74) is -0.0728. The van der Waals surface area contributed by atoms with Crippen molar-refractivity contribution in [1.29, 1.82) is 0 Å². The maximum Gasteiger partial charge on any atom is 0.274 e. The predicted molar refractivity (Wildman–Crippen MR) is 79.8 cm³/mol. The highest BCUT2D eigenvalue weighted by atomic mass is 16.5. The molecule has 120 valence electrons. The third kappa shape index (κ3) is 2.35. The van der Waals surface area contributed by atoms with Crippen LogP contribution in [0.4, 0.5) is 0 Å². The second kappa shape index (κ2) is 5.02. The zero-order valence-corrected chi connectivity index (χ0v) is 12.8. The van der Waals surface area contributed by atoms with Gasteiger partial charge in [-0.3, -0.25) is 14.0 Å². The van der Waals surface area contributed by atoms with Gasteiger partial charge in [0, 0.05) is 32.2 Å². The van der Waals surface area contributed by atoms with E-state index in [0.29, 0.717) is 31.1 Å². The summed E-state index contributed by atoms with van der Waals surface area (Å²) in [6.45, 7) is 1.67. The predicted octanol–water partition coefficient (Wildman–Crippen LogP) is -0.197.